The molecule has 1 N–H and O–H groups in total. The normalized spacial score (nSPS) is 24.3. The lowest BCUT2D eigenvalue weighted by molar-refractivity contribution is -0.120. The molecule has 2 heterocycles. The number of carbonyl (C=O) groups is 2. The third-order valence-electron chi connectivity index (χ3n) is 5.07. The van der Waals surface area contributed by atoms with Gasteiger partial charge in [0, 0.05) is 13.0 Å². The van der Waals surface area contributed by atoms with Gasteiger partial charge in [0.1, 0.15) is 27.7 Å². The summed E-state index contributed by atoms with van der Waals surface area (Å²) >= 11 is 3.34. The van der Waals surface area contributed by atoms with Crippen molar-refractivity contribution >= 4 is 33.7 Å². The van der Waals surface area contributed by atoms with Crippen LogP contribution in [0.4, 0.5) is 15.0 Å². The minimum absolute atomic E-state index is 0.0942. The number of ether oxygens (including phenoxy) is 1. The van der Waals surface area contributed by atoms with Crippen LogP contribution in [-0.4, -0.2) is 71.3 Å². The van der Waals surface area contributed by atoms with Crippen LogP contribution >= 0.6 is 15.9 Å². The van der Waals surface area contributed by atoms with E-state index in [0.29, 0.717) is 16.3 Å². The van der Waals surface area contributed by atoms with Crippen LogP contribution in [0.2, 0.25) is 0 Å². The van der Waals surface area contributed by atoms with Crippen molar-refractivity contribution < 1.29 is 18.7 Å². The number of hydrogen-bond acceptors (Lipinski definition) is 5. The van der Waals surface area contributed by atoms with Crippen molar-refractivity contribution in [3.8, 4) is 0 Å². The number of halogens is 2. The average Bonchev–Trinajstić information content (AvgIpc) is 3.35. The zero-order chi connectivity index (χ0) is 22.3. The topological polar surface area (TPSA) is 74.8 Å². The Morgan fingerprint density at radius 1 is 1.37 bits per heavy atom. The predicted octanol–water partition coefficient (Wildman–Crippen LogP) is 3.94. The molecule has 2 aliphatic rings. The Balaban J connectivity index is 1.83. The molecule has 1 aliphatic heterocycles. The van der Waals surface area contributed by atoms with E-state index in [1.54, 1.807) is 39.8 Å². The molecule has 0 bridgehead atoms. The molecule has 0 aromatic carbocycles. The Morgan fingerprint density at radius 2 is 2.03 bits per heavy atom. The first kappa shape index (κ1) is 22.9. The molecule has 30 heavy (non-hydrogen) atoms. The summed E-state index contributed by atoms with van der Waals surface area (Å²) in [7, 11) is 3.53. The fraction of sp³-hybridized carbons (Fsp3) is 0.667. The lowest BCUT2D eigenvalue weighted by atomic mass is 10.0. The monoisotopic (exact) mass is 484 g/mol. The molecule has 7 nitrogen and oxygen atoms in total. The number of aromatic nitrogens is 1. The largest absolute Gasteiger partial charge is 0.444 e. The zero-order valence-corrected chi connectivity index (χ0v) is 19.8. The van der Waals surface area contributed by atoms with Gasteiger partial charge in [0.2, 0.25) is 5.91 Å². The fourth-order valence-corrected chi connectivity index (χ4v) is 4.14. The molecule has 0 unspecified atom stereocenters. The highest BCUT2D eigenvalue weighted by Crippen LogP contribution is 2.43. The summed E-state index contributed by atoms with van der Waals surface area (Å²) in [5.41, 5.74) is -1.48. The first-order valence-corrected chi connectivity index (χ1v) is 11.0. The SMILES string of the molecule is CN(C)C[C@@]1(F)C[C@@H](C(=O)Nc2nc(Br)ccc2C2CC2)N(C(=O)OC(C)(C)C)C1. The van der Waals surface area contributed by atoms with Crippen molar-refractivity contribution in [3.05, 3.63) is 22.3 Å². The van der Waals surface area contributed by atoms with E-state index in [1.807, 2.05) is 12.1 Å². The summed E-state index contributed by atoms with van der Waals surface area (Å²) in [4.78, 5) is 33.3. The molecule has 1 aromatic heterocycles. The van der Waals surface area contributed by atoms with Crippen molar-refractivity contribution in [2.24, 2.45) is 0 Å². The maximum atomic E-state index is 15.5. The Kier molecular flexibility index (Phi) is 6.43. The highest BCUT2D eigenvalue weighted by atomic mass is 79.9. The second kappa shape index (κ2) is 8.42. The van der Waals surface area contributed by atoms with Gasteiger partial charge in [-0.15, -0.1) is 0 Å². The molecule has 1 saturated heterocycles. The zero-order valence-electron chi connectivity index (χ0n) is 18.2. The van der Waals surface area contributed by atoms with Gasteiger partial charge in [-0.05, 0) is 81.2 Å². The number of hydrogen-bond donors (Lipinski definition) is 1. The van der Waals surface area contributed by atoms with Crippen LogP contribution in [0.25, 0.3) is 0 Å². The minimum Gasteiger partial charge on any atom is -0.444 e. The first-order chi connectivity index (χ1) is 13.9. The Bertz CT molecular complexity index is 825. The van der Waals surface area contributed by atoms with Crippen LogP contribution < -0.4 is 5.32 Å². The van der Waals surface area contributed by atoms with E-state index >= 15 is 4.39 Å². The third-order valence-corrected chi connectivity index (χ3v) is 5.51. The molecule has 1 aromatic rings. The quantitative estimate of drug-likeness (QED) is 0.640. The molecule has 0 radical (unpaired) electrons. The predicted molar refractivity (Wildman–Crippen MR) is 116 cm³/mol. The van der Waals surface area contributed by atoms with Gasteiger partial charge in [0.15, 0.2) is 0 Å². The number of alkyl halides is 1. The van der Waals surface area contributed by atoms with E-state index in [-0.39, 0.29) is 19.5 Å². The van der Waals surface area contributed by atoms with E-state index in [9.17, 15) is 9.59 Å². The molecule has 2 amide bonds. The second-order valence-electron chi connectivity index (χ2n) is 9.55. The van der Waals surface area contributed by atoms with E-state index in [1.165, 1.54) is 4.90 Å². The van der Waals surface area contributed by atoms with Crippen LogP contribution in [0.5, 0.6) is 0 Å². The molecular formula is C21H30BrFN4O3. The van der Waals surface area contributed by atoms with Crippen LogP contribution in [0.1, 0.15) is 51.5 Å². The fourth-order valence-electron chi connectivity index (χ4n) is 3.83. The van der Waals surface area contributed by atoms with E-state index < -0.39 is 29.3 Å². The van der Waals surface area contributed by atoms with Crippen LogP contribution in [0, 0.1) is 0 Å². The van der Waals surface area contributed by atoms with Gasteiger partial charge in [-0.25, -0.2) is 14.2 Å². The maximum Gasteiger partial charge on any atom is 0.411 e. The van der Waals surface area contributed by atoms with Crippen LogP contribution in [-0.2, 0) is 9.53 Å². The minimum atomic E-state index is -1.70. The van der Waals surface area contributed by atoms with Gasteiger partial charge in [-0.2, -0.15) is 0 Å². The highest BCUT2D eigenvalue weighted by Gasteiger charge is 2.51. The van der Waals surface area contributed by atoms with Gasteiger partial charge < -0.3 is 15.0 Å². The molecule has 1 aliphatic carbocycles. The number of amides is 2. The van der Waals surface area contributed by atoms with Crippen molar-refractivity contribution in [1.82, 2.24) is 14.8 Å². The lowest BCUT2D eigenvalue weighted by Gasteiger charge is -2.28. The second-order valence-corrected chi connectivity index (χ2v) is 10.4. The summed E-state index contributed by atoms with van der Waals surface area (Å²) < 4.78 is 21.6. The molecule has 3 rings (SSSR count). The standard InChI is InChI=1S/C21H30BrFN4O3/c1-20(2,3)30-19(29)27-12-21(23,11-26(4)5)10-15(27)18(28)25-17-14(13-6-7-13)8-9-16(22)24-17/h8-9,13,15H,6-7,10-12H2,1-5H3,(H,24,25,28)/t15-,21-/m0/s1. The molecule has 0 spiro atoms. The number of carbonyl (C=O) groups excluding carboxylic acids is 2. The van der Waals surface area contributed by atoms with Crippen molar-refractivity contribution in [1.29, 1.82) is 0 Å². The summed E-state index contributed by atoms with van der Waals surface area (Å²) in [6.07, 6.45) is 1.32. The molecular weight excluding hydrogens is 455 g/mol. The third kappa shape index (κ3) is 5.69. The molecule has 1 saturated carbocycles. The average molecular weight is 485 g/mol. The number of rotatable bonds is 5. The van der Waals surface area contributed by atoms with Gasteiger partial charge in [-0.3, -0.25) is 9.69 Å². The Hall–Kier alpha value is -1.74. The smallest absolute Gasteiger partial charge is 0.411 e. The maximum absolute atomic E-state index is 15.5. The molecule has 2 fully saturated rings. The number of likely N-dealkylation sites (tertiary alicyclic amines) is 1. The van der Waals surface area contributed by atoms with E-state index in [4.69, 9.17) is 4.74 Å². The summed E-state index contributed by atoms with van der Waals surface area (Å²) in [5.74, 6) is 0.386. The highest BCUT2D eigenvalue weighted by molar-refractivity contribution is 9.10. The summed E-state index contributed by atoms with van der Waals surface area (Å²) in [5, 5.41) is 2.84. The number of anilines is 1. The van der Waals surface area contributed by atoms with Crippen molar-refractivity contribution in [2.75, 3.05) is 32.5 Å². The number of nitrogens with zero attached hydrogens (tertiary/aromatic N) is 3. The van der Waals surface area contributed by atoms with Crippen molar-refractivity contribution in [2.45, 2.75) is 63.3 Å². The summed E-state index contributed by atoms with van der Waals surface area (Å²) in [6.45, 7) is 5.14. The van der Waals surface area contributed by atoms with E-state index in [2.05, 4.69) is 26.2 Å². The lowest BCUT2D eigenvalue weighted by Crippen LogP contribution is -2.46. The van der Waals surface area contributed by atoms with E-state index in [0.717, 1.165) is 18.4 Å². The van der Waals surface area contributed by atoms with Crippen molar-refractivity contribution in [3.63, 3.8) is 0 Å². The van der Waals surface area contributed by atoms with Gasteiger partial charge in [-0.1, -0.05) is 6.07 Å². The first-order valence-electron chi connectivity index (χ1n) is 10.2. The van der Waals surface area contributed by atoms with Gasteiger partial charge in [0.05, 0.1) is 6.54 Å². The van der Waals surface area contributed by atoms with Crippen LogP contribution in [0.3, 0.4) is 0 Å². The Morgan fingerprint density at radius 3 is 2.60 bits per heavy atom. The molecule has 166 valence electrons. The van der Waals surface area contributed by atoms with Gasteiger partial charge in [0.25, 0.3) is 0 Å². The molecule has 9 heteroatoms. The number of nitrogens with one attached hydrogen (secondary N) is 1. The van der Waals surface area contributed by atoms with Gasteiger partial charge >= 0.3 is 6.09 Å². The molecule has 2 atom stereocenters. The van der Waals surface area contributed by atoms with Crippen LogP contribution in [0.15, 0.2) is 16.7 Å². The summed E-state index contributed by atoms with van der Waals surface area (Å²) in [6, 6.07) is 2.81. The Labute approximate surface area is 185 Å². The number of pyridine rings is 1.